The summed E-state index contributed by atoms with van der Waals surface area (Å²) < 4.78 is 6.38. The quantitative estimate of drug-likeness (QED) is 0.927. The third-order valence-electron chi connectivity index (χ3n) is 4.44. The van der Waals surface area contributed by atoms with Gasteiger partial charge in [0.1, 0.15) is 17.2 Å². The van der Waals surface area contributed by atoms with Crippen LogP contribution in [-0.2, 0) is 6.54 Å². The maximum absolute atomic E-state index is 12.8. The molecule has 0 spiro atoms. The molecule has 3 heterocycles. The lowest BCUT2D eigenvalue weighted by molar-refractivity contribution is 0.0710. The van der Waals surface area contributed by atoms with Gasteiger partial charge in [-0.25, -0.2) is 0 Å². The Labute approximate surface area is 139 Å². The second-order valence-electron chi connectivity index (χ2n) is 5.76. The van der Waals surface area contributed by atoms with E-state index in [0.29, 0.717) is 11.5 Å². The van der Waals surface area contributed by atoms with Crippen LogP contribution in [0.25, 0.3) is 0 Å². The molecule has 1 aliphatic rings. The summed E-state index contributed by atoms with van der Waals surface area (Å²) in [6.45, 7) is 6.36. The van der Waals surface area contributed by atoms with Crippen molar-refractivity contribution in [2.24, 2.45) is 0 Å². The van der Waals surface area contributed by atoms with Gasteiger partial charge < -0.3 is 14.8 Å². The first-order valence-electron chi connectivity index (χ1n) is 7.96. The van der Waals surface area contributed by atoms with Gasteiger partial charge in [0.2, 0.25) is 0 Å². The highest BCUT2D eigenvalue weighted by molar-refractivity contribution is 7.10. The molecule has 2 aromatic rings. The van der Waals surface area contributed by atoms with Gasteiger partial charge in [0.15, 0.2) is 0 Å². The summed E-state index contributed by atoms with van der Waals surface area (Å²) in [6, 6.07) is 0. The number of amides is 1. The Hall–Kier alpha value is -1.96. The molecule has 1 saturated heterocycles. The summed E-state index contributed by atoms with van der Waals surface area (Å²) in [5.74, 6) is 1.51. The number of nitrogens with zero attached hydrogens (tertiary/aromatic N) is 5. The molecular weight excluding hydrogens is 312 g/mol. The van der Waals surface area contributed by atoms with Gasteiger partial charge in [-0.2, -0.15) is 4.37 Å². The van der Waals surface area contributed by atoms with Gasteiger partial charge in [-0.05, 0) is 38.2 Å². The van der Waals surface area contributed by atoms with Crippen molar-refractivity contribution < 1.29 is 4.79 Å². The van der Waals surface area contributed by atoms with E-state index in [1.165, 1.54) is 11.5 Å². The van der Waals surface area contributed by atoms with Crippen LogP contribution in [0.1, 0.15) is 47.6 Å². The number of likely N-dealkylation sites (tertiary alicyclic amines) is 1. The summed E-state index contributed by atoms with van der Waals surface area (Å²) in [5, 5.41) is 12.2. The number of carbonyl (C=O) groups excluding carboxylic acids is 1. The third-order valence-corrected chi connectivity index (χ3v) is 5.39. The molecule has 23 heavy (non-hydrogen) atoms. The first-order valence-corrected chi connectivity index (χ1v) is 8.74. The summed E-state index contributed by atoms with van der Waals surface area (Å²) in [5.41, 5.74) is 1.52. The molecule has 1 aliphatic heterocycles. The highest BCUT2D eigenvalue weighted by atomic mass is 32.1. The molecule has 1 N–H and O–H groups in total. The van der Waals surface area contributed by atoms with E-state index in [9.17, 15) is 4.79 Å². The smallest absolute Gasteiger partial charge is 0.258 e. The maximum atomic E-state index is 12.8. The van der Waals surface area contributed by atoms with Gasteiger partial charge >= 0.3 is 0 Å². The van der Waals surface area contributed by atoms with Crippen molar-refractivity contribution in [2.75, 3.05) is 25.5 Å². The molecule has 7 nitrogen and oxygen atoms in total. The summed E-state index contributed by atoms with van der Waals surface area (Å²) in [7, 11) is 1.83. The van der Waals surface area contributed by atoms with E-state index in [0.717, 1.165) is 49.0 Å². The normalized spacial score (nSPS) is 15.9. The van der Waals surface area contributed by atoms with Gasteiger partial charge in [0.25, 0.3) is 5.91 Å². The predicted molar refractivity (Wildman–Crippen MR) is 90.0 cm³/mol. The number of aryl methyl sites for hydroxylation is 2. The highest BCUT2D eigenvalue weighted by Crippen LogP contribution is 2.30. The summed E-state index contributed by atoms with van der Waals surface area (Å²) >= 11 is 1.34. The minimum atomic E-state index is 0.0796. The zero-order chi connectivity index (χ0) is 16.4. The molecule has 0 aromatic carbocycles. The van der Waals surface area contributed by atoms with E-state index >= 15 is 0 Å². The number of piperidine rings is 1. The molecule has 0 bridgehead atoms. The Morgan fingerprint density at radius 2 is 2.17 bits per heavy atom. The van der Waals surface area contributed by atoms with Crippen molar-refractivity contribution in [3.63, 3.8) is 0 Å². The van der Waals surface area contributed by atoms with Crippen LogP contribution < -0.4 is 5.32 Å². The van der Waals surface area contributed by atoms with Crippen LogP contribution in [0.4, 0.5) is 5.00 Å². The van der Waals surface area contributed by atoms with E-state index in [2.05, 4.69) is 31.4 Å². The van der Waals surface area contributed by atoms with Crippen LogP contribution in [0.3, 0.4) is 0 Å². The van der Waals surface area contributed by atoms with Crippen molar-refractivity contribution in [3.8, 4) is 0 Å². The van der Waals surface area contributed by atoms with Gasteiger partial charge in [-0.3, -0.25) is 4.79 Å². The third kappa shape index (κ3) is 2.95. The molecule has 8 heteroatoms. The van der Waals surface area contributed by atoms with E-state index < -0.39 is 0 Å². The topological polar surface area (TPSA) is 75.9 Å². The van der Waals surface area contributed by atoms with Crippen LogP contribution in [0.15, 0.2) is 6.33 Å². The Morgan fingerprint density at radius 1 is 1.43 bits per heavy atom. The average Bonchev–Trinajstić information content (AvgIpc) is 3.20. The molecule has 0 aliphatic carbocycles. The molecular formula is C15H22N6OS. The molecule has 124 valence electrons. The molecule has 0 unspecified atom stereocenters. The van der Waals surface area contributed by atoms with E-state index in [1.807, 2.05) is 18.9 Å². The number of hydrogen-bond donors (Lipinski definition) is 1. The Bertz CT molecular complexity index is 686. The van der Waals surface area contributed by atoms with E-state index in [1.54, 1.807) is 6.33 Å². The zero-order valence-electron chi connectivity index (χ0n) is 13.7. The standard InChI is InChI=1S/C15H22N6OS/c1-4-20-9-17-18-13(20)11-5-7-21(8-6-11)15(22)12-10(2)19-23-14(12)16-3/h9,11,16H,4-8H2,1-3H3. The van der Waals surface area contributed by atoms with Crippen molar-refractivity contribution in [3.05, 3.63) is 23.4 Å². The number of aromatic nitrogens is 4. The monoisotopic (exact) mass is 334 g/mol. The predicted octanol–water partition coefficient (Wildman–Crippen LogP) is 2.12. The molecule has 1 amide bonds. The number of hydrogen-bond acceptors (Lipinski definition) is 6. The average molecular weight is 334 g/mol. The minimum Gasteiger partial charge on any atom is -0.378 e. The lowest BCUT2D eigenvalue weighted by Gasteiger charge is -2.31. The summed E-state index contributed by atoms with van der Waals surface area (Å²) in [4.78, 5) is 14.7. The second kappa shape index (κ2) is 6.66. The Morgan fingerprint density at radius 3 is 2.83 bits per heavy atom. The fraction of sp³-hybridized carbons (Fsp3) is 0.600. The van der Waals surface area contributed by atoms with Crippen molar-refractivity contribution >= 4 is 22.4 Å². The Kier molecular flexibility index (Phi) is 4.61. The molecule has 0 saturated carbocycles. The maximum Gasteiger partial charge on any atom is 0.258 e. The molecule has 3 rings (SSSR count). The number of nitrogens with one attached hydrogen (secondary N) is 1. The van der Waals surface area contributed by atoms with Crippen molar-refractivity contribution in [1.29, 1.82) is 0 Å². The molecule has 1 fully saturated rings. The van der Waals surface area contributed by atoms with Crippen molar-refractivity contribution in [2.45, 2.75) is 39.2 Å². The van der Waals surface area contributed by atoms with Crippen molar-refractivity contribution in [1.82, 2.24) is 24.0 Å². The van der Waals surface area contributed by atoms with Gasteiger partial charge in [-0.1, -0.05) is 0 Å². The van der Waals surface area contributed by atoms with Crippen LogP contribution in [0.2, 0.25) is 0 Å². The number of rotatable bonds is 4. The van der Waals surface area contributed by atoms with Crippen LogP contribution in [0.5, 0.6) is 0 Å². The number of anilines is 1. The fourth-order valence-electron chi connectivity index (χ4n) is 3.11. The van der Waals surface area contributed by atoms with Crippen LogP contribution >= 0.6 is 11.5 Å². The highest BCUT2D eigenvalue weighted by Gasteiger charge is 2.29. The first kappa shape index (κ1) is 15.9. The lowest BCUT2D eigenvalue weighted by atomic mass is 9.95. The fourth-order valence-corrected chi connectivity index (χ4v) is 3.85. The van der Waals surface area contributed by atoms with E-state index in [-0.39, 0.29) is 5.91 Å². The zero-order valence-corrected chi connectivity index (χ0v) is 14.6. The Balaban J connectivity index is 1.69. The SMILES string of the molecule is CCn1cnnc1C1CCN(C(=O)c2c(C)nsc2NC)CC1. The van der Waals surface area contributed by atoms with Crippen LogP contribution in [0, 0.1) is 6.92 Å². The summed E-state index contributed by atoms with van der Waals surface area (Å²) in [6.07, 6.45) is 3.64. The molecule has 0 atom stereocenters. The van der Waals surface area contributed by atoms with Gasteiger partial charge in [0.05, 0.1) is 11.3 Å². The lowest BCUT2D eigenvalue weighted by Crippen LogP contribution is -2.38. The second-order valence-corrected chi connectivity index (χ2v) is 6.54. The van der Waals surface area contributed by atoms with Gasteiger partial charge in [-0.15, -0.1) is 10.2 Å². The first-order chi connectivity index (χ1) is 11.2. The largest absolute Gasteiger partial charge is 0.378 e. The van der Waals surface area contributed by atoms with Gasteiger partial charge in [0, 0.05) is 32.6 Å². The van der Waals surface area contributed by atoms with Crippen LogP contribution in [-0.4, -0.2) is 50.1 Å². The molecule has 2 aromatic heterocycles. The minimum absolute atomic E-state index is 0.0796. The molecule has 0 radical (unpaired) electrons. The number of carbonyl (C=O) groups is 1. The van der Waals surface area contributed by atoms with E-state index in [4.69, 9.17) is 0 Å².